The summed E-state index contributed by atoms with van der Waals surface area (Å²) < 4.78 is 10.7. The van der Waals surface area contributed by atoms with Crippen molar-refractivity contribution < 1.29 is 14.3 Å². The van der Waals surface area contributed by atoms with E-state index in [4.69, 9.17) is 9.47 Å². The predicted molar refractivity (Wildman–Crippen MR) is 105 cm³/mol. The van der Waals surface area contributed by atoms with E-state index in [2.05, 4.69) is 27.7 Å². The van der Waals surface area contributed by atoms with Crippen LogP contribution in [-0.2, 0) is 11.3 Å². The molecule has 2 aliphatic rings. The van der Waals surface area contributed by atoms with Crippen LogP contribution in [0.4, 0.5) is 11.4 Å². The molecule has 2 aliphatic heterocycles. The lowest BCUT2D eigenvalue weighted by molar-refractivity contribution is -0.116. The zero-order valence-electron chi connectivity index (χ0n) is 15.4. The first-order valence-corrected chi connectivity index (χ1v) is 9.52. The van der Waals surface area contributed by atoms with Crippen LogP contribution in [0.5, 0.6) is 11.5 Å². The van der Waals surface area contributed by atoms with Crippen molar-refractivity contribution in [1.82, 2.24) is 5.32 Å². The molecule has 1 fully saturated rings. The van der Waals surface area contributed by atoms with Gasteiger partial charge < -0.3 is 25.0 Å². The summed E-state index contributed by atoms with van der Waals surface area (Å²) in [6.07, 6.45) is 2.95. The molecule has 1 amide bonds. The second kappa shape index (κ2) is 8.31. The Morgan fingerprint density at radius 1 is 1.00 bits per heavy atom. The average molecular weight is 367 g/mol. The van der Waals surface area contributed by atoms with E-state index in [-0.39, 0.29) is 12.7 Å². The maximum absolute atomic E-state index is 12.1. The van der Waals surface area contributed by atoms with Gasteiger partial charge in [-0.15, -0.1) is 0 Å². The lowest BCUT2D eigenvalue weighted by Crippen LogP contribution is -2.21. The number of nitrogens with one attached hydrogen (secondary N) is 2. The maximum Gasteiger partial charge on any atom is 0.231 e. The van der Waals surface area contributed by atoms with Gasteiger partial charge in [0.15, 0.2) is 11.5 Å². The van der Waals surface area contributed by atoms with E-state index in [1.165, 1.54) is 18.5 Å². The van der Waals surface area contributed by atoms with Gasteiger partial charge in [-0.1, -0.05) is 6.07 Å². The van der Waals surface area contributed by atoms with Crippen LogP contribution in [0.3, 0.4) is 0 Å². The number of anilines is 2. The van der Waals surface area contributed by atoms with Crippen LogP contribution in [0.25, 0.3) is 0 Å². The molecule has 2 aromatic rings. The van der Waals surface area contributed by atoms with Gasteiger partial charge >= 0.3 is 0 Å². The van der Waals surface area contributed by atoms with Crippen molar-refractivity contribution in [2.75, 3.05) is 36.6 Å². The third kappa shape index (κ3) is 4.52. The van der Waals surface area contributed by atoms with Crippen molar-refractivity contribution in [3.05, 3.63) is 48.0 Å². The van der Waals surface area contributed by atoms with Gasteiger partial charge in [0.1, 0.15) is 0 Å². The summed E-state index contributed by atoms with van der Waals surface area (Å²) in [5, 5.41) is 6.25. The minimum Gasteiger partial charge on any atom is -0.454 e. The standard InChI is InChI=1S/C21H25N3O3/c25-21(23-17-4-6-18(7-5-17)24-11-1-2-12-24)9-10-22-14-16-3-8-19-20(13-16)27-15-26-19/h3-8,13,22H,1-2,9-12,14-15H2,(H,23,25). The van der Waals surface area contributed by atoms with E-state index in [1.54, 1.807) is 0 Å². The lowest BCUT2D eigenvalue weighted by Gasteiger charge is -2.17. The molecular formula is C21H25N3O3. The first kappa shape index (κ1) is 17.7. The Morgan fingerprint density at radius 3 is 2.59 bits per heavy atom. The quantitative estimate of drug-likeness (QED) is 0.736. The number of nitrogens with zero attached hydrogens (tertiary/aromatic N) is 1. The normalized spacial score (nSPS) is 15.2. The molecule has 2 aromatic carbocycles. The van der Waals surface area contributed by atoms with Crippen LogP contribution >= 0.6 is 0 Å². The molecule has 2 heterocycles. The number of carbonyl (C=O) groups is 1. The fourth-order valence-electron chi connectivity index (χ4n) is 3.44. The summed E-state index contributed by atoms with van der Waals surface area (Å²) in [5.74, 6) is 1.58. The van der Waals surface area contributed by atoms with Crippen molar-refractivity contribution in [2.24, 2.45) is 0 Å². The topological polar surface area (TPSA) is 62.8 Å². The van der Waals surface area contributed by atoms with Gasteiger partial charge in [-0.3, -0.25) is 4.79 Å². The van der Waals surface area contributed by atoms with E-state index in [1.807, 2.05) is 30.3 Å². The second-order valence-corrected chi connectivity index (χ2v) is 6.90. The molecule has 27 heavy (non-hydrogen) atoms. The van der Waals surface area contributed by atoms with Gasteiger partial charge in [-0.2, -0.15) is 0 Å². The summed E-state index contributed by atoms with van der Waals surface area (Å²) in [6.45, 7) is 3.84. The molecule has 4 rings (SSSR count). The number of hydrogen-bond acceptors (Lipinski definition) is 5. The highest BCUT2D eigenvalue weighted by Gasteiger charge is 2.13. The van der Waals surface area contributed by atoms with Crippen LogP contribution in [0.15, 0.2) is 42.5 Å². The Balaban J connectivity index is 1.18. The largest absolute Gasteiger partial charge is 0.454 e. The van der Waals surface area contributed by atoms with Crippen LogP contribution < -0.4 is 25.0 Å². The van der Waals surface area contributed by atoms with E-state index >= 15 is 0 Å². The highest BCUT2D eigenvalue weighted by molar-refractivity contribution is 5.91. The van der Waals surface area contributed by atoms with E-state index in [9.17, 15) is 4.79 Å². The van der Waals surface area contributed by atoms with Gasteiger partial charge in [-0.05, 0) is 54.8 Å². The molecule has 0 atom stereocenters. The molecule has 142 valence electrons. The number of rotatable bonds is 7. The van der Waals surface area contributed by atoms with Crippen molar-refractivity contribution in [3.8, 4) is 11.5 Å². The van der Waals surface area contributed by atoms with Gasteiger partial charge in [0.05, 0.1) is 0 Å². The molecule has 2 N–H and O–H groups in total. The van der Waals surface area contributed by atoms with Crippen molar-refractivity contribution in [1.29, 1.82) is 0 Å². The zero-order chi connectivity index (χ0) is 18.5. The number of ether oxygens (including phenoxy) is 2. The van der Waals surface area contributed by atoms with E-state index in [0.717, 1.165) is 35.8 Å². The Labute approximate surface area is 159 Å². The Morgan fingerprint density at radius 2 is 1.78 bits per heavy atom. The SMILES string of the molecule is O=C(CCNCc1ccc2c(c1)OCO2)Nc1ccc(N2CCCC2)cc1. The fraction of sp³-hybridized carbons (Fsp3) is 0.381. The zero-order valence-corrected chi connectivity index (χ0v) is 15.4. The minimum absolute atomic E-state index is 0.0158. The highest BCUT2D eigenvalue weighted by atomic mass is 16.7. The maximum atomic E-state index is 12.1. The van der Waals surface area contributed by atoms with E-state index < -0.39 is 0 Å². The predicted octanol–water partition coefficient (Wildman–Crippen LogP) is 3.13. The molecule has 0 aliphatic carbocycles. The Hall–Kier alpha value is -2.73. The van der Waals surface area contributed by atoms with E-state index in [0.29, 0.717) is 19.5 Å². The van der Waals surface area contributed by atoms with Crippen LogP contribution in [0.2, 0.25) is 0 Å². The van der Waals surface area contributed by atoms with Gasteiger partial charge in [0.2, 0.25) is 12.7 Å². The summed E-state index contributed by atoms with van der Waals surface area (Å²) in [4.78, 5) is 14.5. The Kier molecular flexibility index (Phi) is 5.44. The molecule has 0 radical (unpaired) electrons. The Bertz CT molecular complexity index is 786. The summed E-state index contributed by atoms with van der Waals surface area (Å²) in [7, 11) is 0. The molecule has 0 spiro atoms. The molecule has 6 nitrogen and oxygen atoms in total. The molecule has 6 heteroatoms. The molecular weight excluding hydrogens is 342 g/mol. The monoisotopic (exact) mass is 367 g/mol. The van der Waals surface area contributed by atoms with Crippen LogP contribution in [0.1, 0.15) is 24.8 Å². The number of benzene rings is 2. The third-order valence-corrected chi connectivity index (χ3v) is 4.92. The lowest BCUT2D eigenvalue weighted by atomic mass is 10.2. The summed E-state index contributed by atoms with van der Waals surface area (Å²) in [5.41, 5.74) is 3.19. The fourth-order valence-corrected chi connectivity index (χ4v) is 3.44. The number of fused-ring (bicyclic) bond motifs is 1. The van der Waals surface area contributed by atoms with Gasteiger partial charge in [-0.25, -0.2) is 0 Å². The third-order valence-electron chi connectivity index (χ3n) is 4.92. The van der Waals surface area contributed by atoms with Crippen molar-refractivity contribution in [3.63, 3.8) is 0 Å². The van der Waals surface area contributed by atoms with Crippen molar-refractivity contribution in [2.45, 2.75) is 25.8 Å². The number of amides is 1. The highest BCUT2D eigenvalue weighted by Crippen LogP contribution is 2.32. The number of carbonyl (C=O) groups excluding carboxylic acids is 1. The smallest absolute Gasteiger partial charge is 0.231 e. The average Bonchev–Trinajstić information content (AvgIpc) is 3.37. The minimum atomic E-state index is 0.0158. The second-order valence-electron chi connectivity index (χ2n) is 6.90. The van der Waals surface area contributed by atoms with Crippen LogP contribution in [-0.4, -0.2) is 32.3 Å². The van der Waals surface area contributed by atoms with Crippen LogP contribution in [0, 0.1) is 0 Å². The first-order valence-electron chi connectivity index (χ1n) is 9.52. The van der Waals surface area contributed by atoms with Gasteiger partial charge in [0.25, 0.3) is 0 Å². The first-order chi connectivity index (χ1) is 13.3. The number of hydrogen-bond donors (Lipinski definition) is 2. The molecule has 1 saturated heterocycles. The molecule has 0 aromatic heterocycles. The van der Waals surface area contributed by atoms with Crippen molar-refractivity contribution >= 4 is 17.3 Å². The summed E-state index contributed by atoms with van der Waals surface area (Å²) >= 11 is 0. The molecule has 0 bridgehead atoms. The summed E-state index contributed by atoms with van der Waals surface area (Å²) in [6, 6.07) is 14.0. The molecule has 0 saturated carbocycles. The van der Waals surface area contributed by atoms with Gasteiger partial charge in [0, 0.05) is 44.0 Å². The molecule has 0 unspecified atom stereocenters.